The first kappa shape index (κ1) is 23.6. The van der Waals surface area contributed by atoms with Gasteiger partial charge in [0.1, 0.15) is 11.3 Å². The van der Waals surface area contributed by atoms with Crippen molar-refractivity contribution in [3.63, 3.8) is 0 Å². The largest absolute Gasteiger partial charge is 0.427 e. The van der Waals surface area contributed by atoms with E-state index in [4.69, 9.17) is 4.42 Å². The Hall–Kier alpha value is -2.64. The van der Waals surface area contributed by atoms with E-state index in [2.05, 4.69) is 16.0 Å². The van der Waals surface area contributed by atoms with Gasteiger partial charge in [-0.25, -0.2) is 4.79 Å². The van der Waals surface area contributed by atoms with Crippen molar-refractivity contribution in [1.29, 1.82) is 0 Å². The van der Waals surface area contributed by atoms with E-state index < -0.39 is 11.5 Å². The van der Waals surface area contributed by atoms with E-state index in [0.717, 1.165) is 31.5 Å². The van der Waals surface area contributed by atoms with Gasteiger partial charge in [-0.1, -0.05) is 12.1 Å². The molecule has 2 heterocycles. The van der Waals surface area contributed by atoms with Crippen molar-refractivity contribution >= 4 is 29.9 Å². The normalized spacial score (nSPS) is 15.7. The zero-order chi connectivity index (χ0) is 20.8. The van der Waals surface area contributed by atoms with Gasteiger partial charge < -0.3 is 20.4 Å². The van der Waals surface area contributed by atoms with Crippen molar-refractivity contribution in [2.75, 3.05) is 25.5 Å². The highest BCUT2D eigenvalue weighted by atomic mass is 35.5. The third-order valence-electron chi connectivity index (χ3n) is 5.23. The summed E-state index contributed by atoms with van der Waals surface area (Å²) in [6, 6.07) is 9.03. The van der Waals surface area contributed by atoms with Gasteiger partial charge in [-0.05, 0) is 62.1 Å². The summed E-state index contributed by atoms with van der Waals surface area (Å²) in [5, 5.41) is 8.64. The number of hydrogen-bond acceptors (Lipinski definition) is 5. The minimum absolute atomic E-state index is 0. The third kappa shape index (κ3) is 5.93. The monoisotopic (exact) mass is 433 g/mol. The van der Waals surface area contributed by atoms with Crippen LogP contribution in [0.1, 0.15) is 52.4 Å². The van der Waals surface area contributed by atoms with Crippen LogP contribution in [0.3, 0.4) is 0 Å². The van der Waals surface area contributed by atoms with Crippen LogP contribution in [0.25, 0.3) is 0 Å². The molecule has 162 valence electrons. The quantitative estimate of drug-likeness (QED) is 0.650. The molecule has 0 aliphatic carbocycles. The lowest BCUT2D eigenvalue weighted by atomic mass is 9.95. The molecular formula is C22H28ClN3O4. The summed E-state index contributed by atoms with van der Waals surface area (Å²) in [6.07, 6.45) is 3.03. The van der Waals surface area contributed by atoms with Crippen molar-refractivity contribution in [3.05, 3.63) is 63.2 Å². The SMILES string of the molecule is CNC(=O)CCc1ccc(NC(=O)c2c(C)cc(C3CCCNC3)oc2=O)cc1.Cl. The molecule has 1 aromatic carbocycles. The maximum Gasteiger partial charge on any atom is 0.349 e. The van der Waals surface area contributed by atoms with Gasteiger partial charge in [0.05, 0.1) is 0 Å². The Morgan fingerprint density at radius 2 is 1.97 bits per heavy atom. The van der Waals surface area contributed by atoms with Crippen LogP contribution in [-0.2, 0) is 11.2 Å². The molecule has 2 aromatic rings. The second-order valence-corrected chi connectivity index (χ2v) is 7.36. The number of carbonyl (C=O) groups excluding carboxylic acids is 2. The van der Waals surface area contributed by atoms with E-state index in [1.54, 1.807) is 32.2 Å². The number of piperidine rings is 1. The number of hydrogen-bond donors (Lipinski definition) is 3. The summed E-state index contributed by atoms with van der Waals surface area (Å²) >= 11 is 0. The van der Waals surface area contributed by atoms with Crippen LogP contribution in [0, 0.1) is 6.92 Å². The van der Waals surface area contributed by atoms with Crippen LogP contribution in [0.4, 0.5) is 5.69 Å². The van der Waals surface area contributed by atoms with Crippen LogP contribution < -0.4 is 21.6 Å². The molecule has 1 unspecified atom stereocenters. The molecule has 1 fully saturated rings. The lowest BCUT2D eigenvalue weighted by Gasteiger charge is -2.22. The van der Waals surface area contributed by atoms with E-state index in [0.29, 0.717) is 29.9 Å². The molecule has 30 heavy (non-hydrogen) atoms. The Kier molecular flexibility index (Phi) is 8.62. The van der Waals surface area contributed by atoms with Crippen LogP contribution >= 0.6 is 12.4 Å². The average Bonchev–Trinajstić information content (AvgIpc) is 2.73. The Morgan fingerprint density at radius 3 is 2.57 bits per heavy atom. The summed E-state index contributed by atoms with van der Waals surface area (Å²) in [7, 11) is 1.61. The third-order valence-corrected chi connectivity index (χ3v) is 5.23. The van der Waals surface area contributed by atoms with Gasteiger partial charge in [0.15, 0.2) is 0 Å². The smallest absolute Gasteiger partial charge is 0.349 e. The molecule has 1 atom stereocenters. The molecule has 3 rings (SSSR count). The first-order valence-corrected chi connectivity index (χ1v) is 9.94. The van der Waals surface area contributed by atoms with Gasteiger partial charge in [-0.2, -0.15) is 0 Å². The number of halogens is 1. The molecule has 1 aromatic heterocycles. The molecule has 1 aliphatic rings. The summed E-state index contributed by atoms with van der Waals surface area (Å²) < 4.78 is 5.48. The van der Waals surface area contributed by atoms with Gasteiger partial charge in [0, 0.05) is 31.6 Å². The maximum atomic E-state index is 12.6. The Labute approximate surface area is 182 Å². The van der Waals surface area contributed by atoms with Crippen LogP contribution in [0.15, 0.2) is 39.5 Å². The molecule has 3 N–H and O–H groups in total. The van der Waals surface area contributed by atoms with E-state index in [-0.39, 0.29) is 29.8 Å². The van der Waals surface area contributed by atoms with Gasteiger partial charge in [0.2, 0.25) is 5.91 Å². The second kappa shape index (κ2) is 10.9. The number of rotatable bonds is 6. The molecule has 1 saturated heterocycles. The Balaban J connectivity index is 0.00000320. The van der Waals surface area contributed by atoms with Gasteiger partial charge in [0.25, 0.3) is 5.91 Å². The molecule has 8 heteroatoms. The summed E-state index contributed by atoms with van der Waals surface area (Å²) in [4.78, 5) is 36.5. The molecule has 0 radical (unpaired) electrons. The van der Waals surface area contributed by atoms with Gasteiger partial charge >= 0.3 is 5.63 Å². The topological polar surface area (TPSA) is 100 Å². The zero-order valence-electron chi connectivity index (χ0n) is 17.2. The van der Waals surface area contributed by atoms with Gasteiger partial charge in [-0.3, -0.25) is 9.59 Å². The number of amides is 2. The van der Waals surface area contributed by atoms with E-state index >= 15 is 0 Å². The molecule has 2 amide bonds. The first-order chi connectivity index (χ1) is 14.0. The first-order valence-electron chi connectivity index (χ1n) is 9.94. The Morgan fingerprint density at radius 1 is 1.23 bits per heavy atom. The van der Waals surface area contributed by atoms with Crippen molar-refractivity contribution < 1.29 is 14.0 Å². The second-order valence-electron chi connectivity index (χ2n) is 7.36. The predicted octanol–water partition coefficient (Wildman–Crippen LogP) is 2.77. The minimum atomic E-state index is -0.606. The summed E-state index contributed by atoms with van der Waals surface area (Å²) in [6.45, 7) is 3.51. The van der Waals surface area contributed by atoms with Crippen LogP contribution in [0.5, 0.6) is 0 Å². The summed E-state index contributed by atoms with van der Waals surface area (Å²) in [5.41, 5.74) is 1.61. The number of aryl methyl sites for hydroxylation is 2. The van der Waals surface area contributed by atoms with Crippen molar-refractivity contribution in [2.45, 2.75) is 38.5 Å². The van der Waals surface area contributed by atoms with Crippen molar-refractivity contribution in [1.82, 2.24) is 10.6 Å². The fraction of sp³-hybridized carbons (Fsp3) is 0.409. The highest BCUT2D eigenvalue weighted by molar-refractivity contribution is 6.04. The average molecular weight is 434 g/mol. The molecular weight excluding hydrogens is 406 g/mol. The summed E-state index contributed by atoms with van der Waals surface area (Å²) in [5.74, 6) is 0.297. The minimum Gasteiger partial charge on any atom is -0.427 e. The lowest BCUT2D eigenvalue weighted by molar-refractivity contribution is -0.120. The number of nitrogens with one attached hydrogen (secondary N) is 3. The van der Waals surface area contributed by atoms with Crippen molar-refractivity contribution in [3.8, 4) is 0 Å². The molecule has 0 bridgehead atoms. The number of carbonyl (C=O) groups is 2. The fourth-order valence-corrected chi connectivity index (χ4v) is 3.53. The zero-order valence-corrected chi connectivity index (χ0v) is 18.1. The molecule has 0 saturated carbocycles. The fourth-order valence-electron chi connectivity index (χ4n) is 3.53. The standard InChI is InChI=1S/C22H27N3O4.ClH/c1-14-12-18(16-4-3-11-24-13-16)29-22(28)20(14)21(27)25-17-8-5-15(6-9-17)7-10-19(26)23-2;/h5-6,8-9,12,16,24H,3-4,7,10-11,13H2,1-2H3,(H,23,26)(H,25,27);1H. The highest BCUT2D eigenvalue weighted by Crippen LogP contribution is 2.24. The Bertz CT molecular complexity index is 934. The van der Waals surface area contributed by atoms with Gasteiger partial charge in [-0.15, -0.1) is 12.4 Å². The predicted molar refractivity (Wildman–Crippen MR) is 119 cm³/mol. The van der Waals surface area contributed by atoms with Crippen LogP contribution in [0.2, 0.25) is 0 Å². The number of anilines is 1. The lowest BCUT2D eigenvalue weighted by Crippen LogP contribution is -2.30. The van der Waals surface area contributed by atoms with Crippen LogP contribution in [-0.4, -0.2) is 32.0 Å². The molecule has 7 nitrogen and oxygen atoms in total. The van der Waals surface area contributed by atoms with E-state index in [9.17, 15) is 14.4 Å². The number of benzene rings is 1. The van der Waals surface area contributed by atoms with E-state index in [1.165, 1.54) is 0 Å². The molecule has 0 spiro atoms. The maximum absolute atomic E-state index is 12.6. The van der Waals surface area contributed by atoms with E-state index in [1.807, 2.05) is 12.1 Å². The highest BCUT2D eigenvalue weighted by Gasteiger charge is 2.22. The van der Waals surface area contributed by atoms with Crippen molar-refractivity contribution in [2.24, 2.45) is 0 Å². The molecule has 1 aliphatic heterocycles.